The molecule has 24 heavy (non-hydrogen) atoms. The van der Waals surface area contributed by atoms with Crippen molar-refractivity contribution >= 4 is 17.6 Å². The monoisotopic (exact) mass is 330 g/mol. The lowest BCUT2D eigenvalue weighted by atomic mass is 10.2. The summed E-state index contributed by atoms with van der Waals surface area (Å²) < 4.78 is 5.24. The zero-order valence-corrected chi connectivity index (χ0v) is 12.6. The van der Waals surface area contributed by atoms with E-state index < -0.39 is 28.7 Å². The Balaban J connectivity index is 1.93. The van der Waals surface area contributed by atoms with Gasteiger partial charge in [-0.05, 0) is 41.1 Å². The zero-order valence-electron chi connectivity index (χ0n) is 12.6. The molecule has 1 aromatic heterocycles. The Morgan fingerprint density at radius 1 is 1.17 bits per heavy atom. The van der Waals surface area contributed by atoms with E-state index in [9.17, 15) is 19.7 Å². The van der Waals surface area contributed by atoms with Gasteiger partial charge in [0.2, 0.25) is 5.75 Å². The van der Waals surface area contributed by atoms with Crippen LogP contribution in [0.3, 0.4) is 0 Å². The Morgan fingerprint density at radius 3 is 2.54 bits per heavy atom. The summed E-state index contributed by atoms with van der Waals surface area (Å²) in [7, 11) is 0. The van der Waals surface area contributed by atoms with Crippen LogP contribution in [0.5, 0.6) is 5.75 Å². The molecule has 2 amide bonds. The number of hydrogen-bond acceptors (Lipinski definition) is 6. The summed E-state index contributed by atoms with van der Waals surface area (Å²) in [5, 5.41) is 10.9. The van der Waals surface area contributed by atoms with Crippen molar-refractivity contribution in [1.29, 1.82) is 0 Å². The van der Waals surface area contributed by atoms with Crippen LogP contribution in [0.1, 0.15) is 17.3 Å². The van der Waals surface area contributed by atoms with Crippen LogP contribution in [0, 0.1) is 10.1 Å². The predicted octanol–water partition coefficient (Wildman–Crippen LogP) is 1.22. The maximum atomic E-state index is 11.9. The van der Waals surface area contributed by atoms with E-state index >= 15 is 0 Å². The van der Waals surface area contributed by atoms with Gasteiger partial charge in [0.05, 0.1) is 0 Å². The Labute approximate surface area is 136 Å². The molecule has 0 aliphatic carbocycles. The molecule has 2 rings (SSSR count). The van der Waals surface area contributed by atoms with Gasteiger partial charge in [0, 0.05) is 5.56 Å². The molecule has 1 atom stereocenters. The van der Waals surface area contributed by atoms with Crippen LogP contribution in [0.4, 0.5) is 5.82 Å². The molecule has 1 heterocycles. The van der Waals surface area contributed by atoms with E-state index in [1.165, 1.54) is 25.3 Å². The second-order valence-electron chi connectivity index (χ2n) is 4.65. The summed E-state index contributed by atoms with van der Waals surface area (Å²) in [6.45, 7) is 1.39. The van der Waals surface area contributed by atoms with Crippen molar-refractivity contribution in [1.82, 2.24) is 15.8 Å². The Hall–Kier alpha value is -3.49. The van der Waals surface area contributed by atoms with Gasteiger partial charge in [-0.3, -0.25) is 20.4 Å². The first-order valence-electron chi connectivity index (χ1n) is 6.90. The quantitative estimate of drug-likeness (QED) is 0.627. The number of rotatable bonds is 5. The van der Waals surface area contributed by atoms with Crippen molar-refractivity contribution in [3.05, 3.63) is 64.3 Å². The van der Waals surface area contributed by atoms with Crippen molar-refractivity contribution in [2.45, 2.75) is 13.0 Å². The topological polar surface area (TPSA) is 123 Å². The maximum Gasteiger partial charge on any atom is 0.406 e. The molecule has 2 aromatic rings. The highest BCUT2D eigenvalue weighted by atomic mass is 16.6. The SMILES string of the molecule is C[C@H](Oc1cccnc1[N+](=O)[O-])C(=O)NNC(=O)c1ccccc1. The third kappa shape index (κ3) is 4.26. The zero-order chi connectivity index (χ0) is 17.5. The Bertz CT molecular complexity index is 751. The summed E-state index contributed by atoms with van der Waals surface area (Å²) in [5.74, 6) is -1.80. The van der Waals surface area contributed by atoms with Gasteiger partial charge in [-0.2, -0.15) is 0 Å². The number of nitrogens with zero attached hydrogens (tertiary/aromatic N) is 2. The number of ether oxygens (including phenoxy) is 1. The minimum Gasteiger partial charge on any atom is -0.472 e. The smallest absolute Gasteiger partial charge is 0.406 e. The van der Waals surface area contributed by atoms with E-state index in [-0.39, 0.29) is 5.75 Å². The molecule has 0 saturated heterocycles. The summed E-state index contributed by atoms with van der Waals surface area (Å²) in [4.78, 5) is 37.4. The highest BCUT2D eigenvalue weighted by molar-refractivity contribution is 5.95. The van der Waals surface area contributed by atoms with Crippen molar-refractivity contribution < 1.29 is 19.2 Å². The number of hydrogen-bond donors (Lipinski definition) is 2. The fraction of sp³-hybridized carbons (Fsp3) is 0.133. The van der Waals surface area contributed by atoms with Crippen LogP contribution in [0.2, 0.25) is 0 Å². The fourth-order valence-electron chi connectivity index (χ4n) is 1.74. The average molecular weight is 330 g/mol. The van der Waals surface area contributed by atoms with E-state index in [0.717, 1.165) is 0 Å². The third-order valence-electron chi connectivity index (χ3n) is 2.93. The Kier molecular flexibility index (Phi) is 5.40. The summed E-state index contributed by atoms with van der Waals surface area (Å²) in [5.41, 5.74) is 4.80. The number of nitro groups is 1. The standard InChI is InChI=1S/C15H14N4O5/c1-10(24-12-8-5-9-16-13(12)19(22)23)14(20)17-18-15(21)11-6-3-2-4-7-11/h2-10H,1H3,(H,17,20)(H,18,21)/t10-/m0/s1. The molecule has 1 aromatic carbocycles. The number of pyridine rings is 1. The molecule has 0 aliphatic rings. The molecule has 0 aliphatic heterocycles. The van der Waals surface area contributed by atoms with Crippen molar-refractivity contribution in [3.63, 3.8) is 0 Å². The lowest BCUT2D eigenvalue weighted by molar-refractivity contribution is -0.390. The van der Waals surface area contributed by atoms with Crippen LogP contribution in [0.15, 0.2) is 48.7 Å². The number of carbonyl (C=O) groups is 2. The number of carbonyl (C=O) groups excluding carboxylic acids is 2. The number of hydrazine groups is 1. The van der Waals surface area contributed by atoms with E-state index in [1.54, 1.807) is 30.3 Å². The lowest BCUT2D eigenvalue weighted by Crippen LogP contribution is -2.47. The molecule has 2 N–H and O–H groups in total. The molecule has 9 heteroatoms. The van der Waals surface area contributed by atoms with Crippen molar-refractivity contribution in [3.8, 4) is 5.75 Å². The van der Waals surface area contributed by atoms with Crippen molar-refractivity contribution in [2.75, 3.05) is 0 Å². The van der Waals surface area contributed by atoms with Crippen LogP contribution in [0.25, 0.3) is 0 Å². The summed E-state index contributed by atoms with van der Waals surface area (Å²) in [6.07, 6.45) is 0.166. The second kappa shape index (κ2) is 7.68. The van der Waals surface area contributed by atoms with E-state index in [4.69, 9.17) is 4.74 Å². The maximum absolute atomic E-state index is 11.9. The molecule has 0 radical (unpaired) electrons. The van der Waals surface area contributed by atoms with Gasteiger partial charge in [-0.1, -0.05) is 18.2 Å². The number of benzene rings is 1. The van der Waals surface area contributed by atoms with Crippen LogP contribution in [-0.4, -0.2) is 27.8 Å². The molecule has 0 saturated carbocycles. The fourth-order valence-corrected chi connectivity index (χ4v) is 1.74. The first-order valence-corrected chi connectivity index (χ1v) is 6.90. The summed E-state index contributed by atoms with van der Waals surface area (Å²) in [6, 6.07) is 11.1. The summed E-state index contributed by atoms with van der Waals surface area (Å²) >= 11 is 0. The van der Waals surface area contributed by atoms with Gasteiger partial charge in [-0.15, -0.1) is 0 Å². The molecule has 0 unspecified atom stereocenters. The number of nitrogens with one attached hydrogen (secondary N) is 2. The Morgan fingerprint density at radius 2 is 1.88 bits per heavy atom. The lowest BCUT2D eigenvalue weighted by Gasteiger charge is -2.14. The largest absolute Gasteiger partial charge is 0.472 e. The number of amides is 2. The van der Waals surface area contributed by atoms with Gasteiger partial charge in [0.1, 0.15) is 6.20 Å². The third-order valence-corrected chi connectivity index (χ3v) is 2.93. The highest BCUT2D eigenvalue weighted by Crippen LogP contribution is 2.23. The first kappa shape index (κ1) is 16.9. The number of aromatic nitrogens is 1. The van der Waals surface area contributed by atoms with Gasteiger partial charge >= 0.3 is 5.82 Å². The van der Waals surface area contributed by atoms with Crippen molar-refractivity contribution in [2.24, 2.45) is 0 Å². The van der Waals surface area contributed by atoms with Gasteiger partial charge in [0.15, 0.2) is 6.10 Å². The molecule has 0 spiro atoms. The minimum absolute atomic E-state index is 0.139. The van der Waals surface area contributed by atoms with E-state index in [0.29, 0.717) is 5.56 Å². The van der Waals surface area contributed by atoms with E-state index in [2.05, 4.69) is 15.8 Å². The van der Waals surface area contributed by atoms with Gasteiger partial charge in [0.25, 0.3) is 11.8 Å². The average Bonchev–Trinajstić information content (AvgIpc) is 2.60. The molecule has 124 valence electrons. The van der Waals surface area contributed by atoms with Crippen LogP contribution in [-0.2, 0) is 4.79 Å². The van der Waals surface area contributed by atoms with Crippen LogP contribution >= 0.6 is 0 Å². The van der Waals surface area contributed by atoms with Gasteiger partial charge < -0.3 is 14.9 Å². The molecule has 9 nitrogen and oxygen atoms in total. The van der Waals surface area contributed by atoms with Gasteiger partial charge in [-0.25, -0.2) is 0 Å². The first-order chi connectivity index (χ1) is 11.5. The normalized spacial score (nSPS) is 11.2. The molecule has 0 fully saturated rings. The predicted molar refractivity (Wildman–Crippen MR) is 83.0 cm³/mol. The van der Waals surface area contributed by atoms with E-state index in [1.807, 2.05) is 0 Å². The minimum atomic E-state index is -1.08. The molecule has 0 bridgehead atoms. The molecular formula is C15H14N4O5. The van der Waals surface area contributed by atoms with Crippen LogP contribution < -0.4 is 15.6 Å². The highest BCUT2D eigenvalue weighted by Gasteiger charge is 2.22. The second-order valence-corrected chi connectivity index (χ2v) is 4.65. The molecular weight excluding hydrogens is 316 g/mol.